The number of aliphatic hydroxyl groups is 1. The van der Waals surface area contributed by atoms with E-state index in [-0.39, 0.29) is 18.4 Å². The number of aliphatic hydroxyl groups excluding tert-OH is 1. The van der Waals surface area contributed by atoms with Gasteiger partial charge in [-0.25, -0.2) is 13.1 Å². The average molecular weight is 297 g/mol. The van der Waals surface area contributed by atoms with E-state index < -0.39 is 10.0 Å². The van der Waals surface area contributed by atoms with Crippen molar-refractivity contribution >= 4 is 10.0 Å². The molecular weight excluding hydrogens is 274 g/mol. The molecule has 1 aromatic rings. The first-order valence-corrected chi connectivity index (χ1v) is 8.86. The molecule has 1 aromatic carbocycles. The molecule has 1 saturated carbocycles. The summed E-state index contributed by atoms with van der Waals surface area (Å²) >= 11 is 0. The van der Waals surface area contributed by atoms with Gasteiger partial charge in [0.15, 0.2) is 0 Å². The van der Waals surface area contributed by atoms with Crippen LogP contribution in [-0.4, -0.2) is 19.6 Å². The Balaban J connectivity index is 1.94. The Bertz CT molecular complexity index is 521. The number of rotatable bonds is 8. The second-order valence-electron chi connectivity index (χ2n) is 5.64. The molecule has 0 aromatic heterocycles. The fraction of sp³-hybridized carbons (Fsp3) is 0.600. The Kier molecular flexibility index (Phi) is 5.18. The lowest BCUT2D eigenvalue weighted by Crippen LogP contribution is -2.35. The summed E-state index contributed by atoms with van der Waals surface area (Å²) in [6.07, 6.45) is 4.26. The second-order valence-corrected chi connectivity index (χ2v) is 7.39. The van der Waals surface area contributed by atoms with Gasteiger partial charge in [-0.05, 0) is 29.9 Å². The van der Waals surface area contributed by atoms with Crippen LogP contribution in [0.15, 0.2) is 24.3 Å². The first kappa shape index (κ1) is 15.5. The fourth-order valence-corrected chi connectivity index (χ4v) is 3.80. The summed E-state index contributed by atoms with van der Waals surface area (Å²) in [5.74, 6) is 0.714. The lowest BCUT2D eigenvalue weighted by Gasteiger charge is -2.16. The highest BCUT2D eigenvalue weighted by Gasteiger charge is 2.27. The van der Waals surface area contributed by atoms with Gasteiger partial charge in [0.25, 0.3) is 0 Å². The van der Waals surface area contributed by atoms with Crippen LogP contribution < -0.4 is 4.72 Å². The van der Waals surface area contributed by atoms with Crippen molar-refractivity contribution in [2.24, 2.45) is 5.92 Å². The van der Waals surface area contributed by atoms with E-state index in [1.165, 1.54) is 12.8 Å². The van der Waals surface area contributed by atoms with Crippen molar-refractivity contribution in [3.05, 3.63) is 35.4 Å². The van der Waals surface area contributed by atoms with Crippen LogP contribution in [0, 0.1) is 5.92 Å². The Labute approximate surface area is 121 Å². The van der Waals surface area contributed by atoms with Gasteiger partial charge in [0.2, 0.25) is 10.0 Å². The van der Waals surface area contributed by atoms with Crippen molar-refractivity contribution < 1.29 is 13.5 Å². The van der Waals surface area contributed by atoms with Crippen molar-refractivity contribution in [2.75, 3.05) is 0 Å². The fourth-order valence-electron chi connectivity index (χ4n) is 2.31. The first-order chi connectivity index (χ1) is 9.52. The van der Waals surface area contributed by atoms with Gasteiger partial charge < -0.3 is 5.11 Å². The molecule has 1 aliphatic rings. The predicted molar refractivity (Wildman–Crippen MR) is 79.5 cm³/mol. The summed E-state index contributed by atoms with van der Waals surface area (Å²) in [5.41, 5.74) is 1.54. The zero-order chi connectivity index (χ0) is 14.6. The van der Waals surface area contributed by atoms with Crippen LogP contribution in [0.5, 0.6) is 0 Å². The van der Waals surface area contributed by atoms with E-state index in [1.807, 2.05) is 6.92 Å². The minimum Gasteiger partial charge on any atom is -0.392 e. The molecule has 2 rings (SSSR count). The Morgan fingerprint density at radius 1 is 1.25 bits per heavy atom. The highest BCUT2D eigenvalue weighted by molar-refractivity contribution is 7.88. The number of hydrogen-bond donors (Lipinski definition) is 2. The lowest BCUT2D eigenvalue weighted by atomic mass is 10.1. The molecule has 1 atom stereocenters. The quantitative estimate of drug-likeness (QED) is 0.773. The molecule has 5 heteroatoms. The zero-order valence-corrected chi connectivity index (χ0v) is 12.7. The molecule has 0 amide bonds. The highest BCUT2D eigenvalue weighted by Crippen LogP contribution is 2.34. The summed E-state index contributed by atoms with van der Waals surface area (Å²) in [6.45, 7) is 2.00. The van der Waals surface area contributed by atoms with E-state index in [1.54, 1.807) is 24.3 Å². The maximum Gasteiger partial charge on any atom is 0.216 e. The molecule has 1 aliphatic carbocycles. The van der Waals surface area contributed by atoms with Crippen molar-refractivity contribution in [3.63, 3.8) is 0 Å². The second kappa shape index (κ2) is 6.70. The molecule has 0 heterocycles. The van der Waals surface area contributed by atoms with Crippen LogP contribution in [0.4, 0.5) is 0 Å². The third kappa shape index (κ3) is 4.89. The van der Waals surface area contributed by atoms with Gasteiger partial charge in [-0.1, -0.05) is 44.0 Å². The molecule has 0 radical (unpaired) electrons. The number of benzene rings is 1. The van der Waals surface area contributed by atoms with Crippen molar-refractivity contribution in [1.82, 2.24) is 4.72 Å². The molecule has 1 unspecified atom stereocenters. The van der Waals surface area contributed by atoms with Crippen LogP contribution in [-0.2, 0) is 22.4 Å². The van der Waals surface area contributed by atoms with Crippen LogP contribution >= 0.6 is 0 Å². The average Bonchev–Trinajstić information content (AvgIpc) is 3.22. The third-order valence-electron chi connectivity index (χ3n) is 3.72. The molecule has 4 nitrogen and oxygen atoms in total. The maximum atomic E-state index is 12.2. The van der Waals surface area contributed by atoms with Gasteiger partial charge in [0.1, 0.15) is 0 Å². The monoisotopic (exact) mass is 297 g/mol. The van der Waals surface area contributed by atoms with Gasteiger partial charge in [-0.15, -0.1) is 0 Å². The van der Waals surface area contributed by atoms with Crippen molar-refractivity contribution in [3.8, 4) is 0 Å². The smallest absolute Gasteiger partial charge is 0.216 e. The molecule has 20 heavy (non-hydrogen) atoms. The molecule has 0 aliphatic heterocycles. The van der Waals surface area contributed by atoms with E-state index in [9.17, 15) is 8.42 Å². The molecule has 1 fully saturated rings. The van der Waals surface area contributed by atoms with Crippen molar-refractivity contribution in [2.45, 2.75) is 51.0 Å². The van der Waals surface area contributed by atoms with Gasteiger partial charge in [-0.3, -0.25) is 0 Å². The normalized spacial score (nSPS) is 17.1. The molecule has 0 spiro atoms. The summed E-state index contributed by atoms with van der Waals surface area (Å²) < 4.78 is 27.1. The zero-order valence-electron chi connectivity index (χ0n) is 11.9. The molecule has 0 bridgehead atoms. The minimum atomic E-state index is -3.30. The third-order valence-corrected chi connectivity index (χ3v) is 5.12. The summed E-state index contributed by atoms with van der Waals surface area (Å²) in [5, 5.41) is 8.97. The molecular formula is C15H23NO3S. The van der Waals surface area contributed by atoms with E-state index in [4.69, 9.17) is 5.11 Å². The van der Waals surface area contributed by atoms with E-state index in [0.717, 1.165) is 24.0 Å². The summed E-state index contributed by atoms with van der Waals surface area (Å²) in [7, 11) is -3.30. The summed E-state index contributed by atoms with van der Waals surface area (Å²) in [4.78, 5) is 0. The van der Waals surface area contributed by atoms with E-state index in [2.05, 4.69) is 4.72 Å². The van der Waals surface area contributed by atoms with Crippen LogP contribution in [0.2, 0.25) is 0 Å². The van der Waals surface area contributed by atoms with Crippen LogP contribution in [0.25, 0.3) is 0 Å². The number of hydrogen-bond acceptors (Lipinski definition) is 3. The van der Waals surface area contributed by atoms with Crippen molar-refractivity contribution in [1.29, 1.82) is 0 Å². The molecule has 0 saturated heterocycles. The Hall–Kier alpha value is -0.910. The predicted octanol–water partition coefficient (Wildman–Crippen LogP) is 2.18. The van der Waals surface area contributed by atoms with Crippen LogP contribution in [0.3, 0.4) is 0 Å². The molecule has 112 valence electrons. The molecule has 2 N–H and O–H groups in total. The van der Waals surface area contributed by atoms with Gasteiger partial charge in [0, 0.05) is 6.04 Å². The topological polar surface area (TPSA) is 66.4 Å². The minimum absolute atomic E-state index is 0.000124. The maximum absolute atomic E-state index is 12.2. The SMILES string of the molecule is CCC(CC1CC1)NS(=O)(=O)Cc1ccc(CO)cc1. The largest absolute Gasteiger partial charge is 0.392 e. The van der Waals surface area contributed by atoms with Crippen LogP contribution in [0.1, 0.15) is 43.7 Å². The van der Waals surface area contributed by atoms with E-state index >= 15 is 0 Å². The highest BCUT2D eigenvalue weighted by atomic mass is 32.2. The first-order valence-electron chi connectivity index (χ1n) is 7.21. The lowest BCUT2D eigenvalue weighted by molar-refractivity contribution is 0.282. The van der Waals surface area contributed by atoms with Gasteiger partial charge in [-0.2, -0.15) is 0 Å². The van der Waals surface area contributed by atoms with Gasteiger partial charge >= 0.3 is 0 Å². The van der Waals surface area contributed by atoms with E-state index in [0.29, 0.717) is 5.92 Å². The Morgan fingerprint density at radius 2 is 1.85 bits per heavy atom. The number of sulfonamides is 1. The number of nitrogens with one attached hydrogen (secondary N) is 1. The van der Waals surface area contributed by atoms with Gasteiger partial charge in [0.05, 0.1) is 12.4 Å². The standard InChI is InChI=1S/C15H23NO3S/c1-2-15(9-12-3-4-12)16-20(18,19)11-14-7-5-13(10-17)6-8-14/h5-8,12,15-17H,2-4,9-11H2,1H3. The summed E-state index contributed by atoms with van der Waals surface area (Å²) in [6, 6.07) is 7.09. The Morgan fingerprint density at radius 3 is 2.35 bits per heavy atom.